The largest absolute Gasteiger partial charge is 0.493 e. The topological polar surface area (TPSA) is 78.4 Å². The van der Waals surface area contributed by atoms with Crippen LogP contribution >= 0.6 is 0 Å². The third-order valence-corrected chi connectivity index (χ3v) is 2.22. The first-order valence-electron chi connectivity index (χ1n) is 5.32. The van der Waals surface area contributed by atoms with Gasteiger partial charge in [-0.1, -0.05) is 19.8 Å². The number of ether oxygens (including phenoxy) is 1. The normalized spacial score (nSPS) is 10.1. The molecule has 5 heteroatoms. The summed E-state index contributed by atoms with van der Waals surface area (Å²) in [6.07, 6.45) is 3.16. The minimum atomic E-state index is -0.506. The number of anilines is 1. The fourth-order valence-corrected chi connectivity index (χ4v) is 1.31. The van der Waals surface area contributed by atoms with Crippen LogP contribution < -0.4 is 10.5 Å². The molecule has 0 fully saturated rings. The van der Waals surface area contributed by atoms with E-state index in [9.17, 15) is 10.1 Å². The highest BCUT2D eigenvalue weighted by Crippen LogP contribution is 2.26. The second kappa shape index (κ2) is 5.95. The summed E-state index contributed by atoms with van der Waals surface area (Å²) < 4.78 is 5.39. The quantitative estimate of drug-likeness (QED) is 0.349. The number of nitro groups is 1. The van der Waals surface area contributed by atoms with E-state index in [0.717, 1.165) is 19.3 Å². The second-order valence-corrected chi connectivity index (χ2v) is 3.53. The van der Waals surface area contributed by atoms with E-state index in [1.807, 2.05) is 0 Å². The molecule has 16 heavy (non-hydrogen) atoms. The lowest BCUT2D eigenvalue weighted by atomic mass is 10.2. The smallest absolute Gasteiger partial charge is 0.295 e. The van der Waals surface area contributed by atoms with Crippen molar-refractivity contribution in [2.45, 2.75) is 26.2 Å². The summed E-state index contributed by atoms with van der Waals surface area (Å²) in [7, 11) is 0. The zero-order valence-electron chi connectivity index (χ0n) is 9.31. The van der Waals surface area contributed by atoms with Crippen molar-refractivity contribution >= 4 is 11.4 Å². The number of hydrogen-bond donors (Lipinski definition) is 1. The van der Waals surface area contributed by atoms with Crippen LogP contribution in [0.25, 0.3) is 0 Å². The van der Waals surface area contributed by atoms with Gasteiger partial charge >= 0.3 is 0 Å². The van der Waals surface area contributed by atoms with Crippen LogP contribution in [0.5, 0.6) is 5.75 Å². The molecule has 0 aliphatic heterocycles. The third kappa shape index (κ3) is 3.42. The predicted octanol–water partition coefficient (Wildman–Crippen LogP) is 2.75. The van der Waals surface area contributed by atoms with Crippen molar-refractivity contribution in [3.8, 4) is 5.75 Å². The van der Waals surface area contributed by atoms with Crippen LogP contribution in [0.1, 0.15) is 26.2 Å². The lowest BCUT2D eigenvalue weighted by molar-refractivity contribution is -0.384. The molecule has 1 rings (SSSR count). The van der Waals surface area contributed by atoms with Gasteiger partial charge in [0.05, 0.1) is 17.6 Å². The van der Waals surface area contributed by atoms with Gasteiger partial charge in [-0.15, -0.1) is 0 Å². The van der Waals surface area contributed by atoms with Gasteiger partial charge in [0, 0.05) is 0 Å². The second-order valence-electron chi connectivity index (χ2n) is 3.53. The summed E-state index contributed by atoms with van der Waals surface area (Å²) in [6, 6.07) is 4.50. The van der Waals surface area contributed by atoms with Crippen molar-refractivity contribution in [1.82, 2.24) is 0 Å². The standard InChI is InChI=1S/C11H16N2O3/c1-2-3-4-7-16-9-5-6-10(12)11(8-9)13(14)15/h5-6,8H,2-4,7,12H2,1H3. The third-order valence-electron chi connectivity index (χ3n) is 2.22. The highest BCUT2D eigenvalue weighted by Gasteiger charge is 2.12. The molecule has 0 radical (unpaired) electrons. The van der Waals surface area contributed by atoms with Gasteiger partial charge in [0.2, 0.25) is 0 Å². The molecule has 0 aliphatic rings. The van der Waals surface area contributed by atoms with Crippen LogP contribution in [0.15, 0.2) is 18.2 Å². The van der Waals surface area contributed by atoms with Gasteiger partial charge in [0.1, 0.15) is 11.4 Å². The van der Waals surface area contributed by atoms with Gasteiger partial charge in [-0.3, -0.25) is 10.1 Å². The molecular formula is C11H16N2O3. The molecule has 0 heterocycles. The van der Waals surface area contributed by atoms with Gasteiger partial charge in [0.15, 0.2) is 0 Å². The molecule has 1 aromatic carbocycles. The van der Waals surface area contributed by atoms with Crippen molar-refractivity contribution in [3.05, 3.63) is 28.3 Å². The Hall–Kier alpha value is -1.78. The Balaban J connectivity index is 2.61. The first-order valence-corrected chi connectivity index (χ1v) is 5.32. The molecule has 0 aromatic heterocycles. The van der Waals surface area contributed by atoms with Crippen LogP contribution in [0.4, 0.5) is 11.4 Å². The van der Waals surface area contributed by atoms with Gasteiger partial charge in [0.25, 0.3) is 5.69 Å². The van der Waals surface area contributed by atoms with Gasteiger partial charge in [-0.25, -0.2) is 0 Å². The van der Waals surface area contributed by atoms with E-state index >= 15 is 0 Å². The molecule has 0 atom stereocenters. The number of nitrogen functional groups attached to an aromatic ring is 1. The maximum Gasteiger partial charge on any atom is 0.295 e. The molecule has 0 bridgehead atoms. The lowest BCUT2D eigenvalue weighted by Crippen LogP contribution is -2.00. The zero-order chi connectivity index (χ0) is 12.0. The number of benzene rings is 1. The number of nitrogens with two attached hydrogens (primary N) is 1. The van der Waals surface area contributed by atoms with Crippen LogP contribution in [0.2, 0.25) is 0 Å². The van der Waals surface area contributed by atoms with Gasteiger partial charge in [-0.2, -0.15) is 0 Å². The molecule has 0 amide bonds. The summed E-state index contributed by atoms with van der Waals surface area (Å²) in [4.78, 5) is 10.1. The molecule has 0 aliphatic carbocycles. The van der Waals surface area contributed by atoms with Crippen molar-refractivity contribution in [2.24, 2.45) is 0 Å². The highest BCUT2D eigenvalue weighted by molar-refractivity contribution is 5.60. The number of nitro benzene ring substituents is 1. The van der Waals surface area contributed by atoms with E-state index in [2.05, 4.69) is 6.92 Å². The Morgan fingerprint density at radius 1 is 1.44 bits per heavy atom. The van der Waals surface area contributed by atoms with E-state index in [1.54, 1.807) is 6.07 Å². The molecule has 2 N–H and O–H groups in total. The first-order chi connectivity index (χ1) is 7.65. The highest BCUT2D eigenvalue weighted by atomic mass is 16.6. The average Bonchev–Trinajstić information content (AvgIpc) is 2.26. The van der Waals surface area contributed by atoms with E-state index in [0.29, 0.717) is 12.4 Å². The molecule has 1 aromatic rings. The Bertz CT molecular complexity index is 366. The molecule has 0 unspecified atom stereocenters. The summed E-state index contributed by atoms with van der Waals surface area (Å²) >= 11 is 0. The minimum absolute atomic E-state index is 0.104. The van der Waals surface area contributed by atoms with Crippen molar-refractivity contribution in [1.29, 1.82) is 0 Å². The van der Waals surface area contributed by atoms with E-state index < -0.39 is 4.92 Å². The Kier molecular flexibility index (Phi) is 4.57. The number of unbranched alkanes of at least 4 members (excludes halogenated alkanes) is 2. The van der Waals surface area contributed by atoms with Crippen molar-refractivity contribution in [2.75, 3.05) is 12.3 Å². The SMILES string of the molecule is CCCCCOc1ccc(N)c([N+](=O)[O-])c1. The van der Waals surface area contributed by atoms with Crippen molar-refractivity contribution in [3.63, 3.8) is 0 Å². The maximum absolute atomic E-state index is 10.6. The first kappa shape index (κ1) is 12.3. The minimum Gasteiger partial charge on any atom is -0.493 e. The van der Waals surface area contributed by atoms with E-state index in [4.69, 9.17) is 10.5 Å². The Labute approximate surface area is 94.4 Å². The fraction of sp³-hybridized carbons (Fsp3) is 0.455. The van der Waals surface area contributed by atoms with Crippen LogP contribution in [-0.2, 0) is 0 Å². The van der Waals surface area contributed by atoms with Crippen molar-refractivity contribution < 1.29 is 9.66 Å². The van der Waals surface area contributed by atoms with Crippen LogP contribution in [0, 0.1) is 10.1 Å². The predicted molar refractivity (Wildman–Crippen MR) is 62.5 cm³/mol. The average molecular weight is 224 g/mol. The molecule has 5 nitrogen and oxygen atoms in total. The number of rotatable bonds is 6. The summed E-state index contributed by atoms with van der Waals surface area (Å²) in [6.45, 7) is 2.68. The number of nitrogens with zero attached hydrogens (tertiary/aromatic N) is 1. The lowest BCUT2D eigenvalue weighted by Gasteiger charge is -2.06. The molecule has 0 spiro atoms. The van der Waals surface area contributed by atoms with E-state index in [1.165, 1.54) is 12.1 Å². The summed E-state index contributed by atoms with van der Waals surface area (Å²) in [5.41, 5.74) is 5.52. The number of hydrogen-bond acceptors (Lipinski definition) is 4. The van der Waals surface area contributed by atoms with Crippen LogP contribution in [0.3, 0.4) is 0 Å². The fourth-order valence-electron chi connectivity index (χ4n) is 1.31. The maximum atomic E-state index is 10.6. The Morgan fingerprint density at radius 2 is 2.19 bits per heavy atom. The summed E-state index contributed by atoms with van der Waals surface area (Å²) in [5.74, 6) is 0.497. The molecule has 0 saturated heterocycles. The van der Waals surface area contributed by atoms with Gasteiger partial charge < -0.3 is 10.5 Å². The molecule has 88 valence electrons. The summed E-state index contributed by atoms with van der Waals surface area (Å²) in [5, 5.41) is 10.6. The van der Waals surface area contributed by atoms with E-state index in [-0.39, 0.29) is 11.4 Å². The zero-order valence-corrected chi connectivity index (χ0v) is 9.31. The Morgan fingerprint density at radius 3 is 2.81 bits per heavy atom. The molecule has 0 saturated carbocycles. The van der Waals surface area contributed by atoms with Crippen LogP contribution in [-0.4, -0.2) is 11.5 Å². The molecular weight excluding hydrogens is 208 g/mol. The monoisotopic (exact) mass is 224 g/mol. The van der Waals surface area contributed by atoms with Gasteiger partial charge in [-0.05, 0) is 18.6 Å².